The molecule has 1 unspecified atom stereocenters. The molecule has 2 fully saturated rings. The molecule has 1 saturated carbocycles. The fraction of sp³-hybridized carbons (Fsp3) is 1.00. The van der Waals surface area contributed by atoms with Crippen LogP contribution in [0.25, 0.3) is 0 Å². The molecule has 1 aliphatic heterocycles. The summed E-state index contributed by atoms with van der Waals surface area (Å²) in [5.41, 5.74) is 0. The molecule has 5 nitrogen and oxygen atoms in total. The third-order valence-electron chi connectivity index (χ3n) is 3.12. The average molecular weight is 233 g/mol. The summed E-state index contributed by atoms with van der Waals surface area (Å²) in [7, 11) is -3.50. The molecule has 1 aliphatic carbocycles. The van der Waals surface area contributed by atoms with Gasteiger partial charge in [-0.25, -0.2) is 5.14 Å². The highest BCUT2D eigenvalue weighted by Crippen LogP contribution is 2.28. The zero-order chi connectivity index (χ0) is 11.1. The molecule has 2 rings (SSSR count). The molecule has 0 aromatic carbocycles. The van der Waals surface area contributed by atoms with Crippen LogP contribution in [0, 0.1) is 5.92 Å². The first-order valence-electron chi connectivity index (χ1n) is 5.49. The minimum Gasteiger partial charge on any atom is -0.299 e. The molecule has 0 aromatic rings. The van der Waals surface area contributed by atoms with Gasteiger partial charge in [-0.3, -0.25) is 4.90 Å². The summed E-state index contributed by atoms with van der Waals surface area (Å²) in [6, 6.07) is 0.702. The van der Waals surface area contributed by atoms with E-state index in [1.165, 1.54) is 17.1 Å². The van der Waals surface area contributed by atoms with E-state index in [4.69, 9.17) is 5.14 Å². The first-order valence-corrected chi connectivity index (χ1v) is 6.99. The molecule has 15 heavy (non-hydrogen) atoms. The summed E-state index contributed by atoms with van der Waals surface area (Å²) >= 11 is 0. The Kier molecular flexibility index (Phi) is 3.03. The van der Waals surface area contributed by atoms with Crippen LogP contribution < -0.4 is 5.14 Å². The second kappa shape index (κ2) is 4.01. The van der Waals surface area contributed by atoms with Crippen LogP contribution in [-0.2, 0) is 10.2 Å². The summed E-state index contributed by atoms with van der Waals surface area (Å²) in [5.74, 6) is 0.367. The molecule has 1 saturated heterocycles. The average Bonchev–Trinajstić information content (AvgIpc) is 2.86. The molecule has 6 heteroatoms. The van der Waals surface area contributed by atoms with E-state index in [0.29, 0.717) is 25.0 Å². The predicted octanol–water partition coefficient (Wildman–Crippen LogP) is -0.394. The van der Waals surface area contributed by atoms with Crippen LogP contribution in [0.2, 0.25) is 0 Å². The van der Waals surface area contributed by atoms with Crippen molar-refractivity contribution in [2.45, 2.75) is 25.8 Å². The van der Waals surface area contributed by atoms with Gasteiger partial charge in [-0.15, -0.1) is 0 Å². The molecule has 0 amide bonds. The van der Waals surface area contributed by atoms with Crippen molar-refractivity contribution in [3.8, 4) is 0 Å². The molecule has 0 aromatic heterocycles. The van der Waals surface area contributed by atoms with Crippen LogP contribution in [0.4, 0.5) is 0 Å². The van der Waals surface area contributed by atoms with Crippen LogP contribution in [-0.4, -0.2) is 49.8 Å². The maximum atomic E-state index is 11.3. The Hall–Kier alpha value is -0.170. The van der Waals surface area contributed by atoms with Gasteiger partial charge in [0.15, 0.2) is 0 Å². The molecule has 0 radical (unpaired) electrons. The Labute approximate surface area is 91.4 Å². The van der Waals surface area contributed by atoms with E-state index < -0.39 is 10.2 Å². The third-order valence-corrected chi connectivity index (χ3v) is 4.17. The SMILES string of the molecule is CC1CN(C2CC2)CCN(S(N)(=O)=O)C1. The van der Waals surface area contributed by atoms with Crippen LogP contribution >= 0.6 is 0 Å². The zero-order valence-corrected chi connectivity index (χ0v) is 9.91. The van der Waals surface area contributed by atoms with E-state index in [1.54, 1.807) is 0 Å². The molecular weight excluding hydrogens is 214 g/mol. The smallest absolute Gasteiger partial charge is 0.276 e. The Morgan fingerprint density at radius 3 is 2.40 bits per heavy atom. The van der Waals surface area contributed by atoms with Crippen LogP contribution in [0.15, 0.2) is 0 Å². The number of hydrogen-bond acceptors (Lipinski definition) is 3. The van der Waals surface area contributed by atoms with Gasteiger partial charge in [0.25, 0.3) is 10.2 Å². The van der Waals surface area contributed by atoms with Crippen molar-refractivity contribution in [2.24, 2.45) is 11.1 Å². The minimum absolute atomic E-state index is 0.367. The quantitative estimate of drug-likeness (QED) is 0.706. The predicted molar refractivity (Wildman–Crippen MR) is 58.4 cm³/mol. The fourth-order valence-corrected chi connectivity index (χ4v) is 3.03. The molecule has 2 N–H and O–H groups in total. The molecular formula is C9H19N3O2S. The molecule has 88 valence electrons. The second-order valence-corrected chi connectivity index (χ2v) is 6.28. The van der Waals surface area contributed by atoms with E-state index >= 15 is 0 Å². The van der Waals surface area contributed by atoms with Gasteiger partial charge in [0.05, 0.1) is 0 Å². The lowest BCUT2D eigenvalue weighted by atomic mass is 10.2. The number of nitrogens with zero attached hydrogens (tertiary/aromatic N) is 2. The molecule has 1 atom stereocenters. The van der Waals surface area contributed by atoms with E-state index in [9.17, 15) is 8.42 Å². The van der Waals surface area contributed by atoms with Crippen LogP contribution in [0.5, 0.6) is 0 Å². The largest absolute Gasteiger partial charge is 0.299 e. The lowest BCUT2D eigenvalue weighted by Crippen LogP contribution is -2.40. The van der Waals surface area contributed by atoms with Crippen molar-refractivity contribution in [1.82, 2.24) is 9.21 Å². The van der Waals surface area contributed by atoms with E-state index in [-0.39, 0.29) is 0 Å². The first kappa shape index (κ1) is 11.3. The highest BCUT2D eigenvalue weighted by molar-refractivity contribution is 7.86. The van der Waals surface area contributed by atoms with E-state index in [0.717, 1.165) is 13.1 Å². The molecule has 0 bridgehead atoms. The van der Waals surface area contributed by atoms with Crippen molar-refractivity contribution >= 4 is 10.2 Å². The van der Waals surface area contributed by atoms with E-state index in [1.807, 2.05) is 0 Å². The Morgan fingerprint density at radius 1 is 1.20 bits per heavy atom. The number of rotatable bonds is 2. The maximum Gasteiger partial charge on any atom is 0.276 e. The summed E-state index contributed by atoms with van der Waals surface area (Å²) in [6.45, 7) is 5.00. The summed E-state index contributed by atoms with van der Waals surface area (Å²) in [6.07, 6.45) is 2.53. The highest BCUT2D eigenvalue weighted by Gasteiger charge is 2.33. The third kappa shape index (κ3) is 2.90. The lowest BCUT2D eigenvalue weighted by Gasteiger charge is -2.20. The van der Waals surface area contributed by atoms with Gasteiger partial charge >= 0.3 is 0 Å². The lowest BCUT2D eigenvalue weighted by molar-refractivity contribution is 0.254. The minimum atomic E-state index is -3.50. The maximum absolute atomic E-state index is 11.3. The molecule has 1 heterocycles. The molecule has 2 aliphatic rings. The van der Waals surface area contributed by atoms with Crippen molar-refractivity contribution in [3.63, 3.8) is 0 Å². The Bertz CT molecular complexity index is 326. The number of hydrogen-bond donors (Lipinski definition) is 1. The van der Waals surface area contributed by atoms with Gasteiger partial charge in [0.1, 0.15) is 0 Å². The van der Waals surface area contributed by atoms with Crippen molar-refractivity contribution in [1.29, 1.82) is 0 Å². The Balaban J connectivity index is 2.02. The van der Waals surface area contributed by atoms with Gasteiger partial charge in [-0.1, -0.05) is 6.92 Å². The Morgan fingerprint density at radius 2 is 1.87 bits per heavy atom. The summed E-state index contributed by atoms with van der Waals surface area (Å²) in [5, 5.41) is 5.16. The van der Waals surface area contributed by atoms with Gasteiger partial charge in [0.2, 0.25) is 0 Å². The molecule has 0 spiro atoms. The highest BCUT2D eigenvalue weighted by atomic mass is 32.2. The van der Waals surface area contributed by atoms with Crippen molar-refractivity contribution in [3.05, 3.63) is 0 Å². The number of nitrogens with two attached hydrogens (primary N) is 1. The van der Waals surface area contributed by atoms with Gasteiger partial charge in [-0.05, 0) is 18.8 Å². The normalized spacial score (nSPS) is 31.5. The van der Waals surface area contributed by atoms with Crippen LogP contribution in [0.1, 0.15) is 19.8 Å². The van der Waals surface area contributed by atoms with Gasteiger partial charge < -0.3 is 0 Å². The van der Waals surface area contributed by atoms with Gasteiger partial charge in [0, 0.05) is 32.2 Å². The second-order valence-electron chi connectivity index (χ2n) is 4.73. The first-order chi connectivity index (χ1) is 6.97. The fourth-order valence-electron chi connectivity index (χ4n) is 2.23. The zero-order valence-electron chi connectivity index (χ0n) is 9.09. The van der Waals surface area contributed by atoms with Gasteiger partial charge in [-0.2, -0.15) is 12.7 Å². The monoisotopic (exact) mass is 233 g/mol. The summed E-state index contributed by atoms with van der Waals surface area (Å²) in [4.78, 5) is 2.40. The van der Waals surface area contributed by atoms with E-state index in [2.05, 4.69) is 11.8 Å². The topological polar surface area (TPSA) is 66.6 Å². The van der Waals surface area contributed by atoms with Crippen molar-refractivity contribution < 1.29 is 8.42 Å². The summed E-state index contributed by atoms with van der Waals surface area (Å²) < 4.78 is 23.9. The van der Waals surface area contributed by atoms with Crippen molar-refractivity contribution in [2.75, 3.05) is 26.2 Å². The van der Waals surface area contributed by atoms with Crippen LogP contribution in [0.3, 0.4) is 0 Å². The standard InChI is InChI=1S/C9H19N3O2S/c1-8-6-11(9-2-3-9)4-5-12(7-8)15(10,13)14/h8-9H,2-7H2,1H3,(H2,10,13,14).